The van der Waals surface area contributed by atoms with E-state index in [0.717, 1.165) is 22.5 Å². The molecule has 0 fully saturated rings. The van der Waals surface area contributed by atoms with E-state index in [1.807, 2.05) is 48.7 Å². The fourth-order valence-electron chi connectivity index (χ4n) is 5.33. The molecule has 0 radical (unpaired) electrons. The van der Waals surface area contributed by atoms with Crippen LogP contribution in [0.5, 0.6) is 11.7 Å². The van der Waals surface area contributed by atoms with E-state index < -0.39 is 5.41 Å². The molecule has 1 aliphatic rings. The summed E-state index contributed by atoms with van der Waals surface area (Å²) in [5, 5.41) is 0. The number of ether oxygens (including phenoxy) is 1. The van der Waals surface area contributed by atoms with Gasteiger partial charge in [-0.2, -0.15) is 12.1 Å². The molecule has 38 heavy (non-hydrogen) atoms. The molecule has 0 bridgehead atoms. The largest absolute Gasteiger partial charge is 2.00 e. The van der Waals surface area contributed by atoms with Crippen LogP contribution in [0.25, 0.3) is 22.4 Å². The number of rotatable bonds is 5. The molecular weight excluding hydrogens is 651 g/mol. The molecular formula is C33H20N2O2Pt. The first-order chi connectivity index (χ1) is 18.3. The maximum Gasteiger partial charge on any atom is 2.00 e. The van der Waals surface area contributed by atoms with Gasteiger partial charge in [-0.1, -0.05) is 72.8 Å². The topological polar surface area (TPSA) is 48.2 Å². The quantitative estimate of drug-likeness (QED) is 0.178. The number of aromatic nitrogens is 2. The number of furan rings is 1. The molecule has 0 saturated heterocycles. The molecule has 0 saturated carbocycles. The number of nitrogens with zero attached hydrogens (tertiary/aromatic N) is 2. The number of hydrogen-bond donors (Lipinski definition) is 0. The molecule has 0 amide bonds. The Hall–Kier alpha value is -4.27. The van der Waals surface area contributed by atoms with Gasteiger partial charge in [0.1, 0.15) is 0 Å². The summed E-state index contributed by atoms with van der Waals surface area (Å²) in [5.41, 5.74) is 7.48. The first-order valence-corrected chi connectivity index (χ1v) is 12.1. The minimum absolute atomic E-state index is 0. The zero-order valence-electron chi connectivity index (χ0n) is 20.1. The summed E-state index contributed by atoms with van der Waals surface area (Å²) in [4.78, 5) is 9.22. The number of benzene rings is 3. The Morgan fingerprint density at radius 1 is 0.658 bits per heavy atom. The van der Waals surface area contributed by atoms with Gasteiger partial charge in [0.2, 0.25) is 5.95 Å². The fraction of sp³-hybridized carbons (Fsp3) is 0.0303. The van der Waals surface area contributed by atoms with Crippen molar-refractivity contribution in [1.29, 1.82) is 0 Å². The molecule has 0 spiro atoms. The third kappa shape index (κ3) is 3.81. The second-order valence-electron chi connectivity index (χ2n) is 8.86. The predicted octanol–water partition coefficient (Wildman–Crippen LogP) is 7.49. The van der Waals surface area contributed by atoms with Crippen molar-refractivity contribution < 1.29 is 30.2 Å². The fourth-order valence-corrected chi connectivity index (χ4v) is 5.33. The van der Waals surface area contributed by atoms with Gasteiger partial charge in [-0.25, -0.2) is 0 Å². The van der Waals surface area contributed by atoms with Gasteiger partial charge in [0.05, 0.1) is 11.1 Å². The van der Waals surface area contributed by atoms with Crippen molar-refractivity contribution in [2.24, 2.45) is 0 Å². The molecule has 7 rings (SSSR count). The summed E-state index contributed by atoms with van der Waals surface area (Å²) in [6, 6.07) is 41.5. The number of pyridine rings is 2. The van der Waals surface area contributed by atoms with E-state index >= 15 is 0 Å². The zero-order chi connectivity index (χ0) is 24.7. The Balaban J connectivity index is 0.00000264. The van der Waals surface area contributed by atoms with Crippen molar-refractivity contribution in [3.8, 4) is 34.1 Å². The summed E-state index contributed by atoms with van der Waals surface area (Å²) in [6.45, 7) is 0. The van der Waals surface area contributed by atoms with Crippen molar-refractivity contribution in [3.63, 3.8) is 0 Å². The van der Waals surface area contributed by atoms with Crippen LogP contribution in [0.3, 0.4) is 0 Å². The molecule has 0 aliphatic heterocycles. The van der Waals surface area contributed by atoms with Gasteiger partial charge in [-0.05, 0) is 52.4 Å². The Labute approximate surface area is 235 Å². The summed E-state index contributed by atoms with van der Waals surface area (Å²) in [7, 11) is 0. The molecule has 4 nitrogen and oxygen atoms in total. The normalized spacial score (nSPS) is 12.7. The molecule has 1 aliphatic carbocycles. The molecule has 0 N–H and O–H groups in total. The van der Waals surface area contributed by atoms with Crippen LogP contribution in [0.4, 0.5) is 0 Å². The molecule has 3 heterocycles. The van der Waals surface area contributed by atoms with Crippen molar-refractivity contribution >= 4 is 0 Å². The monoisotopic (exact) mass is 671 g/mol. The first kappa shape index (κ1) is 24.1. The molecule has 5 heteroatoms. The minimum Gasteiger partial charge on any atom is -0.507 e. The van der Waals surface area contributed by atoms with Gasteiger partial charge in [0, 0.05) is 18.1 Å². The van der Waals surface area contributed by atoms with E-state index in [1.165, 1.54) is 22.3 Å². The van der Waals surface area contributed by atoms with Gasteiger partial charge in [-0.15, -0.1) is 23.3 Å². The van der Waals surface area contributed by atoms with E-state index in [-0.39, 0.29) is 27.0 Å². The number of hydrogen-bond acceptors (Lipinski definition) is 4. The molecule has 6 aromatic rings. The maximum atomic E-state index is 6.11. The minimum atomic E-state index is -0.639. The van der Waals surface area contributed by atoms with E-state index in [2.05, 4.69) is 77.8 Å². The van der Waals surface area contributed by atoms with Crippen LogP contribution in [-0.2, 0) is 26.5 Å². The van der Waals surface area contributed by atoms with Gasteiger partial charge >= 0.3 is 21.1 Å². The summed E-state index contributed by atoms with van der Waals surface area (Å²) in [5.74, 6) is 0.793. The Morgan fingerprint density at radius 2 is 1.34 bits per heavy atom. The van der Waals surface area contributed by atoms with Crippen LogP contribution in [-0.4, -0.2) is 9.97 Å². The summed E-state index contributed by atoms with van der Waals surface area (Å²) >= 11 is 0. The molecule has 0 unspecified atom stereocenters. The molecule has 0 atom stereocenters. The Bertz CT molecular complexity index is 1670. The third-order valence-electron chi connectivity index (χ3n) is 6.84. The van der Waals surface area contributed by atoms with Crippen LogP contribution < -0.4 is 4.74 Å². The zero-order valence-corrected chi connectivity index (χ0v) is 22.3. The Morgan fingerprint density at radius 3 is 2.03 bits per heavy atom. The average molecular weight is 672 g/mol. The van der Waals surface area contributed by atoms with Crippen molar-refractivity contribution in [2.75, 3.05) is 0 Å². The molecule has 3 aromatic carbocycles. The summed E-state index contributed by atoms with van der Waals surface area (Å²) < 4.78 is 11.8. The van der Waals surface area contributed by atoms with Crippen LogP contribution in [0, 0.1) is 12.1 Å². The smallest absolute Gasteiger partial charge is 0.507 e. The second kappa shape index (κ2) is 9.89. The summed E-state index contributed by atoms with van der Waals surface area (Å²) in [6.07, 6.45) is 5.18. The van der Waals surface area contributed by atoms with Crippen LogP contribution in [0.15, 0.2) is 126 Å². The van der Waals surface area contributed by atoms with Crippen molar-refractivity contribution in [2.45, 2.75) is 5.41 Å². The van der Waals surface area contributed by atoms with Crippen LogP contribution in [0.1, 0.15) is 22.4 Å². The standard InChI is InChI=1S/C33H20N2O2.Pt/c1-3-14-28-26(12-1)27-13-2-4-15-29(27)33(28,31-17-6-8-19-35-31)24-10-9-11-25(21-24)37-32-20-23(22-36-32)30-16-5-7-18-34-30;/h1-19,22H;/q-2;+2. The van der Waals surface area contributed by atoms with Crippen molar-refractivity contribution in [1.82, 2.24) is 9.97 Å². The number of fused-ring (bicyclic) bond motifs is 3. The van der Waals surface area contributed by atoms with E-state index in [1.54, 1.807) is 12.5 Å². The maximum absolute atomic E-state index is 6.11. The van der Waals surface area contributed by atoms with E-state index in [0.29, 0.717) is 5.75 Å². The van der Waals surface area contributed by atoms with Gasteiger partial charge in [0.15, 0.2) is 0 Å². The third-order valence-corrected chi connectivity index (χ3v) is 6.84. The Kier molecular flexibility index (Phi) is 6.27. The average Bonchev–Trinajstić information content (AvgIpc) is 3.55. The van der Waals surface area contributed by atoms with Crippen LogP contribution >= 0.6 is 0 Å². The second-order valence-corrected chi connectivity index (χ2v) is 8.86. The molecule has 184 valence electrons. The van der Waals surface area contributed by atoms with Crippen LogP contribution in [0.2, 0.25) is 0 Å². The van der Waals surface area contributed by atoms with E-state index in [4.69, 9.17) is 14.1 Å². The van der Waals surface area contributed by atoms with Crippen molar-refractivity contribution in [3.05, 3.63) is 156 Å². The van der Waals surface area contributed by atoms with Gasteiger partial charge < -0.3 is 14.1 Å². The van der Waals surface area contributed by atoms with E-state index in [9.17, 15) is 0 Å². The van der Waals surface area contributed by atoms with Gasteiger partial charge in [-0.3, -0.25) is 4.98 Å². The molecule has 3 aromatic heterocycles. The predicted molar refractivity (Wildman–Crippen MR) is 141 cm³/mol. The SMILES string of the molecule is [Pt+2].[c-]1c(Oc2[c-]c(-c3ccccn3)co2)cccc1C1(c2ccccn2)c2ccccc2-c2ccccc21. The first-order valence-electron chi connectivity index (χ1n) is 12.1. The van der Waals surface area contributed by atoms with Gasteiger partial charge in [0.25, 0.3) is 0 Å².